The van der Waals surface area contributed by atoms with Crippen LogP contribution < -0.4 is 10.0 Å². The van der Waals surface area contributed by atoms with E-state index in [1.807, 2.05) is 48.5 Å². The van der Waals surface area contributed by atoms with E-state index >= 15 is 0 Å². The number of rotatable bonds is 2. The molecule has 152 valence electrons. The number of anilines is 1. The minimum atomic E-state index is -1.46. The molecule has 3 aromatic rings. The molecule has 1 saturated heterocycles. The van der Waals surface area contributed by atoms with E-state index in [1.165, 1.54) is 18.2 Å². The van der Waals surface area contributed by atoms with Gasteiger partial charge in [0.2, 0.25) is 11.8 Å². The second kappa shape index (κ2) is 6.28. The van der Waals surface area contributed by atoms with E-state index in [0.717, 1.165) is 27.2 Å². The molecule has 0 radical (unpaired) electrons. The Kier molecular flexibility index (Phi) is 3.72. The molecule has 1 heterocycles. The Balaban J connectivity index is 1.54. The van der Waals surface area contributed by atoms with E-state index in [-0.39, 0.29) is 39.9 Å². The molecule has 2 atom stereocenters. The third-order valence-corrected chi connectivity index (χ3v) is 7.21. The van der Waals surface area contributed by atoms with Crippen LogP contribution in [0.3, 0.4) is 0 Å². The molecular weight excluding hydrogens is 414 g/mol. The topological polar surface area (TPSA) is 77.5 Å². The van der Waals surface area contributed by atoms with E-state index < -0.39 is 17.8 Å². The van der Waals surface area contributed by atoms with Crippen molar-refractivity contribution in [2.45, 2.75) is 11.8 Å². The standard InChI is InChI=1S/C25H16ClNO4/c26-18-10-9-12(11-17(18)25(30)31)27-23(28)21-19-13-5-1-2-6-14(13)20(22(21)24(27)29)16-8-4-3-7-15(16)19/h1-11,19-22H,(H,30,31)/p-1. The van der Waals surface area contributed by atoms with Gasteiger partial charge in [0.1, 0.15) is 0 Å². The molecule has 4 aliphatic rings. The number of hydrogen-bond acceptors (Lipinski definition) is 4. The van der Waals surface area contributed by atoms with E-state index in [2.05, 4.69) is 0 Å². The van der Waals surface area contributed by atoms with Crippen molar-refractivity contribution in [2.75, 3.05) is 4.90 Å². The fourth-order valence-electron chi connectivity index (χ4n) is 5.74. The van der Waals surface area contributed by atoms with Gasteiger partial charge < -0.3 is 9.90 Å². The van der Waals surface area contributed by atoms with Crippen LogP contribution in [0.4, 0.5) is 5.69 Å². The average molecular weight is 429 g/mol. The molecule has 1 aliphatic heterocycles. The molecular formula is C25H15ClNO4-. The highest BCUT2D eigenvalue weighted by Crippen LogP contribution is 2.61. The van der Waals surface area contributed by atoms with Crippen LogP contribution in [0.15, 0.2) is 66.7 Å². The van der Waals surface area contributed by atoms with Crippen LogP contribution in [-0.4, -0.2) is 17.8 Å². The number of imide groups is 1. The van der Waals surface area contributed by atoms with Crippen molar-refractivity contribution in [3.63, 3.8) is 0 Å². The van der Waals surface area contributed by atoms with Crippen molar-refractivity contribution >= 4 is 35.1 Å². The third-order valence-electron chi connectivity index (χ3n) is 6.88. The number of aromatic carboxylic acids is 1. The van der Waals surface area contributed by atoms with Gasteiger partial charge in [-0.3, -0.25) is 9.59 Å². The maximum Gasteiger partial charge on any atom is 0.238 e. The van der Waals surface area contributed by atoms with Gasteiger partial charge in [0, 0.05) is 22.4 Å². The first-order chi connectivity index (χ1) is 15.0. The zero-order valence-electron chi connectivity index (χ0n) is 16.1. The van der Waals surface area contributed by atoms with Crippen molar-refractivity contribution in [1.82, 2.24) is 0 Å². The zero-order valence-corrected chi connectivity index (χ0v) is 16.9. The minimum absolute atomic E-state index is 0.000131. The van der Waals surface area contributed by atoms with Crippen molar-refractivity contribution < 1.29 is 19.5 Å². The van der Waals surface area contributed by atoms with Crippen LogP contribution in [0.25, 0.3) is 0 Å². The average Bonchev–Trinajstić information content (AvgIpc) is 3.05. The molecule has 3 aliphatic carbocycles. The summed E-state index contributed by atoms with van der Waals surface area (Å²) < 4.78 is 0. The SMILES string of the molecule is O=C([O-])c1cc(N2C(=O)C3C4c5ccccc5C(c5ccccc54)C3C2=O)ccc1Cl. The van der Waals surface area contributed by atoms with E-state index in [9.17, 15) is 19.5 Å². The van der Waals surface area contributed by atoms with Gasteiger partial charge in [0.25, 0.3) is 0 Å². The summed E-state index contributed by atoms with van der Waals surface area (Å²) in [7, 11) is 0. The molecule has 3 aromatic carbocycles. The number of benzene rings is 3. The number of nitrogens with zero attached hydrogens (tertiary/aromatic N) is 1. The number of halogens is 1. The normalized spacial score (nSPS) is 25.3. The molecule has 2 unspecified atom stereocenters. The highest BCUT2D eigenvalue weighted by atomic mass is 35.5. The molecule has 7 rings (SSSR count). The molecule has 0 saturated carbocycles. The van der Waals surface area contributed by atoms with Gasteiger partial charge in [0.05, 0.1) is 23.5 Å². The number of carbonyl (C=O) groups is 3. The molecule has 6 heteroatoms. The highest BCUT2D eigenvalue weighted by molar-refractivity contribution is 6.33. The lowest BCUT2D eigenvalue weighted by Crippen LogP contribution is -2.41. The summed E-state index contributed by atoms with van der Waals surface area (Å²) in [5.74, 6) is -3.54. The fraction of sp³-hybridized carbons (Fsp3) is 0.160. The molecule has 2 bridgehead atoms. The van der Waals surface area contributed by atoms with Gasteiger partial charge >= 0.3 is 0 Å². The van der Waals surface area contributed by atoms with Gasteiger partial charge in [-0.15, -0.1) is 0 Å². The first kappa shape index (κ1) is 18.3. The Morgan fingerprint density at radius 1 is 0.774 bits per heavy atom. The lowest BCUT2D eigenvalue weighted by molar-refractivity contribution is -0.255. The Labute approximate surface area is 182 Å². The van der Waals surface area contributed by atoms with Crippen LogP contribution >= 0.6 is 11.6 Å². The van der Waals surface area contributed by atoms with Gasteiger partial charge in [-0.05, 0) is 40.5 Å². The summed E-state index contributed by atoms with van der Waals surface area (Å²) in [4.78, 5) is 39.8. The summed E-state index contributed by atoms with van der Waals surface area (Å²) in [6, 6.07) is 20.1. The van der Waals surface area contributed by atoms with Crippen molar-refractivity contribution in [2.24, 2.45) is 11.8 Å². The molecule has 0 spiro atoms. The van der Waals surface area contributed by atoms with Gasteiger partial charge in [0.15, 0.2) is 0 Å². The number of hydrogen-bond donors (Lipinski definition) is 0. The summed E-state index contributed by atoms with van der Waals surface area (Å²) in [5.41, 5.74) is 4.30. The van der Waals surface area contributed by atoms with Gasteiger partial charge in [-0.25, -0.2) is 4.90 Å². The molecule has 0 aromatic heterocycles. The van der Waals surface area contributed by atoms with Crippen LogP contribution in [0, 0.1) is 11.8 Å². The quantitative estimate of drug-likeness (QED) is 0.588. The first-order valence-corrected chi connectivity index (χ1v) is 10.4. The third kappa shape index (κ3) is 2.29. The van der Waals surface area contributed by atoms with Crippen LogP contribution in [-0.2, 0) is 9.59 Å². The number of carboxylic acids is 1. The summed E-state index contributed by atoms with van der Waals surface area (Å²) in [6.45, 7) is 0. The van der Waals surface area contributed by atoms with Crippen LogP contribution in [0.5, 0.6) is 0 Å². The number of carbonyl (C=O) groups excluding carboxylic acids is 3. The monoisotopic (exact) mass is 428 g/mol. The smallest absolute Gasteiger partial charge is 0.238 e. The summed E-state index contributed by atoms with van der Waals surface area (Å²) in [5, 5.41) is 11.4. The number of amides is 2. The minimum Gasteiger partial charge on any atom is -0.545 e. The van der Waals surface area contributed by atoms with Gasteiger partial charge in [-0.2, -0.15) is 0 Å². The molecule has 31 heavy (non-hydrogen) atoms. The molecule has 0 N–H and O–H groups in total. The molecule has 5 nitrogen and oxygen atoms in total. The van der Waals surface area contributed by atoms with Crippen molar-refractivity contribution in [1.29, 1.82) is 0 Å². The van der Waals surface area contributed by atoms with Crippen molar-refractivity contribution in [3.8, 4) is 0 Å². The lowest BCUT2D eigenvalue weighted by Gasteiger charge is -2.45. The Bertz CT molecular complexity index is 1200. The second-order valence-corrected chi connectivity index (χ2v) is 8.64. The number of carboxylic acid groups (broad SMARTS) is 1. The highest BCUT2D eigenvalue weighted by Gasteiger charge is 2.61. The zero-order chi connectivity index (χ0) is 21.4. The lowest BCUT2D eigenvalue weighted by atomic mass is 9.55. The molecule has 1 fully saturated rings. The van der Waals surface area contributed by atoms with Gasteiger partial charge in [-0.1, -0.05) is 60.1 Å². The Morgan fingerprint density at radius 3 is 1.65 bits per heavy atom. The van der Waals surface area contributed by atoms with E-state index in [1.54, 1.807) is 0 Å². The predicted molar refractivity (Wildman–Crippen MR) is 112 cm³/mol. The Morgan fingerprint density at radius 2 is 1.23 bits per heavy atom. The molecule has 2 amide bonds. The fourth-order valence-corrected chi connectivity index (χ4v) is 5.94. The van der Waals surface area contributed by atoms with E-state index in [4.69, 9.17) is 11.6 Å². The Hall–Kier alpha value is -3.44. The summed E-state index contributed by atoms with van der Waals surface area (Å²) >= 11 is 5.96. The maximum atomic E-state index is 13.6. The maximum absolute atomic E-state index is 13.6. The summed E-state index contributed by atoms with van der Waals surface area (Å²) in [6.07, 6.45) is 0. The predicted octanol–water partition coefficient (Wildman–Crippen LogP) is 3.10. The van der Waals surface area contributed by atoms with E-state index in [0.29, 0.717) is 0 Å². The largest absolute Gasteiger partial charge is 0.545 e. The van der Waals surface area contributed by atoms with Crippen LogP contribution in [0.2, 0.25) is 5.02 Å². The first-order valence-electron chi connectivity index (χ1n) is 10.1. The van der Waals surface area contributed by atoms with Crippen molar-refractivity contribution in [3.05, 3.63) is 99.6 Å². The second-order valence-electron chi connectivity index (χ2n) is 8.23. The van der Waals surface area contributed by atoms with Crippen LogP contribution in [0.1, 0.15) is 44.4 Å².